The van der Waals surface area contributed by atoms with Gasteiger partial charge >= 0.3 is 0 Å². The van der Waals surface area contributed by atoms with Crippen molar-refractivity contribution in [3.05, 3.63) is 35.6 Å². The van der Waals surface area contributed by atoms with Crippen molar-refractivity contribution in [1.82, 2.24) is 5.32 Å². The Hall–Kier alpha value is -0.930. The zero-order chi connectivity index (χ0) is 14.6. The van der Waals surface area contributed by atoms with Gasteiger partial charge in [-0.05, 0) is 39.7 Å². The van der Waals surface area contributed by atoms with Crippen molar-refractivity contribution in [3.63, 3.8) is 0 Å². The number of nitrogens with one attached hydrogen (secondary N) is 1. The zero-order valence-electron chi connectivity index (χ0n) is 12.8. The Balaban J connectivity index is 2.08. The van der Waals surface area contributed by atoms with Gasteiger partial charge in [-0.25, -0.2) is 4.39 Å². The predicted molar refractivity (Wildman–Crippen MR) is 80.2 cm³/mol. The van der Waals surface area contributed by atoms with Gasteiger partial charge in [-0.1, -0.05) is 31.0 Å². The van der Waals surface area contributed by atoms with Crippen LogP contribution < -0.4 is 5.32 Å². The molecule has 0 amide bonds. The van der Waals surface area contributed by atoms with E-state index in [1.54, 1.807) is 6.07 Å². The van der Waals surface area contributed by atoms with Gasteiger partial charge in [-0.3, -0.25) is 0 Å². The topological polar surface area (TPSA) is 21.3 Å². The molecule has 3 heteroatoms. The second kappa shape index (κ2) is 6.68. The Labute approximate surface area is 121 Å². The van der Waals surface area contributed by atoms with Crippen molar-refractivity contribution in [2.45, 2.75) is 64.2 Å². The maximum Gasteiger partial charge on any atom is 0.129 e. The number of hydrogen-bond donors (Lipinski definition) is 1. The zero-order valence-corrected chi connectivity index (χ0v) is 12.8. The lowest BCUT2D eigenvalue weighted by Crippen LogP contribution is -2.39. The van der Waals surface area contributed by atoms with E-state index in [1.807, 2.05) is 12.1 Å². The van der Waals surface area contributed by atoms with Crippen LogP contribution in [0.15, 0.2) is 24.3 Å². The van der Waals surface area contributed by atoms with E-state index in [9.17, 15) is 4.39 Å². The van der Waals surface area contributed by atoms with E-state index < -0.39 is 0 Å². The standard InChI is InChI=1S/C17H26FNO/c1-17(2,3)19-12-16(20-13-8-4-5-9-13)14-10-6-7-11-15(14)18/h6-7,10-11,13,16,19H,4-5,8-9,12H2,1-3H3. The van der Waals surface area contributed by atoms with Crippen molar-refractivity contribution in [3.8, 4) is 0 Å². The summed E-state index contributed by atoms with van der Waals surface area (Å²) >= 11 is 0. The molecule has 1 aromatic carbocycles. The molecule has 112 valence electrons. The largest absolute Gasteiger partial charge is 0.369 e. The molecular weight excluding hydrogens is 253 g/mol. The Morgan fingerprint density at radius 3 is 2.50 bits per heavy atom. The number of halogens is 1. The highest BCUT2D eigenvalue weighted by atomic mass is 19.1. The molecule has 0 spiro atoms. The second-order valence-corrected chi connectivity index (χ2v) is 6.68. The third-order valence-electron chi connectivity index (χ3n) is 3.73. The SMILES string of the molecule is CC(C)(C)NCC(OC1CCCC1)c1ccccc1F. The molecule has 1 aromatic rings. The minimum Gasteiger partial charge on any atom is -0.369 e. The molecule has 2 rings (SSSR count). The maximum absolute atomic E-state index is 14.0. The van der Waals surface area contributed by atoms with E-state index >= 15 is 0 Å². The quantitative estimate of drug-likeness (QED) is 0.871. The highest BCUT2D eigenvalue weighted by Gasteiger charge is 2.24. The van der Waals surface area contributed by atoms with E-state index in [4.69, 9.17) is 4.74 Å². The fraction of sp³-hybridized carbons (Fsp3) is 0.647. The van der Waals surface area contributed by atoms with Crippen molar-refractivity contribution in [2.75, 3.05) is 6.54 Å². The summed E-state index contributed by atoms with van der Waals surface area (Å²) in [5, 5.41) is 3.43. The smallest absolute Gasteiger partial charge is 0.129 e. The van der Waals surface area contributed by atoms with Gasteiger partial charge in [-0.15, -0.1) is 0 Å². The predicted octanol–water partition coefficient (Wildman–Crippen LogP) is 4.21. The molecule has 1 atom stereocenters. The Kier molecular flexibility index (Phi) is 5.17. The van der Waals surface area contributed by atoms with E-state index in [1.165, 1.54) is 18.9 Å². The Morgan fingerprint density at radius 2 is 1.90 bits per heavy atom. The fourth-order valence-electron chi connectivity index (χ4n) is 2.62. The normalized spacial score (nSPS) is 18.4. The van der Waals surface area contributed by atoms with Gasteiger partial charge in [0.1, 0.15) is 5.82 Å². The average molecular weight is 279 g/mol. The van der Waals surface area contributed by atoms with Crippen molar-refractivity contribution in [2.24, 2.45) is 0 Å². The highest BCUT2D eigenvalue weighted by molar-refractivity contribution is 5.20. The molecule has 1 aliphatic rings. The van der Waals surface area contributed by atoms with E-state index in [0.717, 1.165) is 12.8 Å². The van der Waals surface area contributed by atoms with Gasteiger partial charge in [0, 0.05) is 17.6 Å². The van der Waals surface area contributed by atoms with E-state index in [2.05, 4.69) is 26.1 Å². The molecule has 0 aliphatic heterocycles. The van der Waals surface area contributed by atoms with Gasteiger partial charge in [-0.2, -0.15) is 0 Å². The minimum absolute atomic E-state index is 0.00252. The van der Waals surface area contributed by atoms with Crippen molar-refractivity contribution < 1.29 is 9.13 Å². The lowest BCUT2D eigenvalue weighted by molar-refractivity contribution is -0.0131. The number of hydrogen-bond acceptors (Lipinski definition) is 2. The number of rotatable bonds is 5. The van der Waals surface area contributed by atoms with Crippen LogP contribution in [0.4, 0.5) is 4.39 Å². The summed E-state index contributed by atoms with van der Waals surface area (Å²) in [6.45, 7) is 6.98. The molecule has 0 bridgehead atoms. The summed E-state index contributed by atoms with van der Waals surface area (Å²) < 4.78 is 20.2. The number of ether oxygens (including phenoxy) is 1. The summed E-state index contributed by atoms with van der Waals surface area (Å²) in [7, 11) is 0. The maximum atomic E-state index is 14.0. The highest BCUT2D eigenvalue weighted by Crippen LogP contribution is 2.29. The second-order valence-electron chi connectivity index (χ2n) is 6.68. The van der Waals surface area contributed by atoms with Crippen LogP contribution in [0.5, 0.6) is 0 Å². The van der Waals surface area contributed by atoms with Gasteiger partial charge in [0.05, 0.1) is 12.2 Å². The average Bonchev–Trinajstić information content (AvgIpc) is 2.87. The van der Waals surface area contributed by atoms with Crippen LogP contribution in [0.25, 0.3) is 0 Å². The number of benzene rings is 1. The summed E-state index contributed by atoms with van der Waals surface area (Å²) in [6.07, 6.45) is 4.71. The molecule has 1 N–H and O–H groups in total. The summed E-state index contributed by atoms with van der Waals surface area (Å²) in [4.78, 5) is 0. The first kappa shape index (κ1) is 15.5. The molecular formula is C17H26FNO. The summed E-state index contributed by atoms with van der Waals surface area (Å²) in [5.41, 5.74) is 0.666. The first-order valence-electron chi connectivity index (χ1n) is 7.60. The molecule has 0 aromatic heterocycles. The molecule has 1 saturated carbocycles. The Morgan fingerprint density at radius 1 is 1.25 bits per heavy atom. The van der Waals surface area contributed by atoms with Crippen LogP contribution >= 0.6 is 0 Å². The molecule has 0 heterocycles. The first-order chi connectivity index (χ1) is 9.46. The summed E-state index contributed by atoms with van der Waals surface area (Å²) in [6, 6.07) is 6.94. The van der Waals surface area contributed by atoms with Gasteiger partial charge < -0.3 is 10.1 Å². The van der Waals surface area contributed by atoms with Crippen LogP contribution in [0.1, 0.15) is 58.1 Å². The molecule has 2 nitrogen and oxygen atoms in total. The van der Waals surface area contributed by atoms with Crippen molar-refractivity contribution in [1.29, 1.82) is 0 Å². The van der Waals surface area contributed by atoms with Crippen LogP contribution in [-0.2, 0) is 4.74 Å². The Bertz CT molecular complexity index is 421. The summed E-state index contributed by atoms with van der Waals surface area (Å²) in [5.74, 6) is -0.175. The third kappa shape index (κ3) is 4.57. The van der Waals surface area contributed by atoms with Crippen LogP contribution in [0, 0.1) is 5.82 Å². The molecule has 1 unspecified atom stereocenters. The van der Waals surface area contributed by atoms with Gasteiger partial charge in [0.25, 0.3) is 0 Å². The van der Waals surface area contributed by atoms with Crippen LogP contribution in [0.3, 0.4) is 0 Å². The van der Waals surface area contributed by atoms with Gasteiger partial charge in [0.15, 0.2) is 0 Å². The molecule has 0 radical (unpaired) electrons. The van der Waals surface area contributed by atoms with E-state index in [-0.39, 0.29) is 23.6 Å². The molecule has 0 saturated heterocycles. The lowest BCUT2D eigenvalue weighted by Gasteiger charge is -2.28. The lowest BCUT2D eigenvalue weighted by atomic mass is 10.1. The molecule has 1 aliphatic carbocycles. The third-order valence-corrected chi connectivity index (χ3v) is 3.73. The van der Waals surface area contributed by atoms with Crippen LogP contribution in [0.2, 0.25) is 0 Å². The van der Waals surface area contributed by atoms with Crippen LogP contribution in [-0.4, -0.2) is 18.2 Å². The van der Waals surface area contributed by atoms with E-state index in [0.29, 0.717) is 12.1 Å². The van der Waals surface area contributed by atoms with Crippen molar-refractivity contribution >= 4 is 0 Å². The first-order valence-corrected chi connectivity index (χ1v) is 7.60. The minimum atomic E-state index is -0.210. The monoisotopic (exact) mass is 279 g/mol. The molecule has 1 fully saturated rings. The van der Waals surface area contributed by atoms with Gasteiger partial charge in [0.2, 0.25) is 0 Å². The molecule has 20 heavy (non-hydrogen) atoms. The fourth-order valence-corrected chi connectivity index (χ4v) is 2.62.